The van der Waals surface area contributed by atoms with Gasteiger partial charge in [-0.15, -0.1) is 11.3 Å². The summed E-state index contributed by atoms with van der Waals surface area (Å²) in [6.07, 6.45) is 3.49. The van der Waals surface area contributed by atoms with Crippen molar-refractivity contribution in [3.8, 4) is 5.75 Å². The van der Waals surface area contributed by atoms with Crippen molar-refractivity contribution in [1.29, 1.82) is 0 Å². The van der Waals surface area contributed by atoms with E-state index in [1.807, 2.05) is 36.2 Å². The third kappa shape index (κ3) is 3.12. The van der Waals surface area contributed by atoms with Crippen LogP contribution in [0.15, 0.2) is 23.8 Å². The zero-order valence-electron chi connectivity index (χ0n) is 10.8. The van der Waals surface area contributed by atoms with Crippen LogP contribution in [0.4, 0.5) is 0 Å². The van der Waals surface area contributed by atoms with E-state index >= 15 is 0 Å². The molecule has 0 radical (unpaired) electrons. The summed E-state index contributed by atoms with van der Waals surface area (Å²) in [5, 5.41) is 6.02. The third-order valence-corrected chi connectivity index (χ3v) is 3.54. The smallest absolute Gasteiger partial charge is 0.275 e. The maximum absolute atomic E-state index is 11.5. The van der Waals surface area contributed by atoms with Crippen LogP contribution in [0.3, 0.4) is 0 Å². The Labute approximate surface area is 115 Å². The normalized spacial score (nSPS) is 10.7. The Morgan fingerprint density at radius 2 is 2.42 bits per heavy atom. The van der Waals surface area contributed by atoms with E-state index in [4.69, 9.17) is 10.6 Å². The monoisotopic (exact) mass is 280 g/mol. The Balaban J connectivity index is 2.02. The minimum absolute atomic E-state index is 0.289. The van der Waals surface area contributed by atoms with Gasteiger partial charge >= 0.3 is 0 Å². The van der Waals surface area contributed by atoms with E-state index in [0.29, 0.717) is 17.2 Å². The second-order valence-corrected chi connectivity index (χ2v) is 5.20. The molecule has 0 saturated carbocycles. The van der Waals surface area contributed by atoms with Gasteiger partial charge < -0.3 is 4.74 Å². The van der Waals surface area contributed by atoms with E-state index in [1.54, 1.807) is 6.20 Å². The topological polar surface area (TPSA) is 82.2 Å². The fraction of sp³-hybridized carbons (Fsp3) is 0.333. The van der Waals surface area contributed by atoms with Gasteiger partial charge in [0.1, 0.15) is 6.61 Å². The summed E-state index contributed by atoms with van der Waals surface area (Å²) in [5.41, 5.74) is 2.93. The Kier molecular flexibility index (Phi) is 4.18. The summed E-state index contributed by atoms with van der Waals surface area (Å²) in [6.45, 7) is 4.40. The largest absolute Gasteiger partial charge is 0.486 e. The molecule has 2 aromatic rings. The second-order valence-electron chi connectivity index (χ2n) is 4.29. The van der Waals surface area contributed by atoms with Crippen LogP contribution in [0.2, 0.25) is 0 Å². The average molecular weight is 280 g/mol. The van der Waals surface area contributed by atoms with Crippen molar-refractivity contribution in [2.75, 3.05) is 0 Å². The van der Waals surface area contributed by atoms with Crippen LogP contribution in [-0.4, -0.2) is 15.7 Å². The molecule has 0 saturated heterocycles. The molecule has 7 heteroatoms. The molecule has 0 aliphatic heterocycles. The minimum atomic E-state index is -0.300. The number of nitrogens with two attached hydrogens (primary N) is 1. The number of amides is 1. The van der Waals surface area contributed by atoms with Crippen LogP contribution in [0, 0.1) is 0 Å². The molecule has 0 atom stereocenters. The lowest BCUT2D eigenvalue weighted by atomic mass is 10.2. The molecule has 2 aromatic heterocycles. The molecule has 19 heavy (non-hydrogen) atoms. The molecule has 102 valence electrons. The fourth-order valence-electron chi connectivity index (χ4n) is 1.55. The number of carbonyl (C=O) groups is 1. The summed E-state index contributed by atoms with van der Waals surface area (Å²) >= 11 is 1.33. The highest BCUT2D eigenvalue weighted by molar-refractivity contribution is 7.12. The van der Waals surface area contributed by atoms with E-state index in [2.05, 4.69) is 10.5 Å². The van der Waals surface area contributed by atoms with Crippen molar-refractivity contribution >= 4 is 17.2 Å². The van der Waals surface area contributed by atoms with Gasteiger partial charge in [0.05, 0.1) is 17.3 Å². The first-order chi connectivity index (χ1) is 9.11. The number of carbonyl (C=O) groups excluding carboxylic acids is 1. The van der Waals surface area contributed by atoms with Crippen molar-refractivity contribution in [2.45, 2.75) is 26.5 Å². The van der Waals surface area contributed by atoms with E-state index in [9.17, 15) is 4.79 Å². The molecule has 0 fully saturated rings. The molecule has 0 aliphatic carbocycles. The number of hydrazine groups is 1. The minimum Gasteiger partial charge on any atom is -0.486 e. The zero-order chi connectivity index (χ0) is 13.8. The quantitative estimate of drug-likeness (QED) is 0.496. The van der Waals surface area contributed by atoms with Gasteiger partial charge in [0.25, 0.3) is 5.91 Å². The molecule has 0 aromatic carbocycles. The van der Waals surface area contributed by atoms with Crippen LogP contribution in [-0.2, 0) is 6.61 Å². The van der Waals surface area contributed by atoms with Crippen LogP contribution < -0.4 is 16.0 Å². The highest BCUT2D eigenvalue weighted by atomic mass is 32.1. The van der Waals surface area contributed by atoms with Gasteiger partial charge in [0.15, 0.2) is 5.75 Å². The second kappa shape index (κ2) is 5.85. The number of nitrogens with one attached hydrogen (secondary N) is 1. The van der Waals surface area contributed by atoms with E-state index in [1.165, 1.54) is 11.3 Å². The van der Waals surface area contributed by atoms with Crippen LogP contribution in [0.5, 0.6) is 5.75 Å². The van der Waals surface area contributed by atoms with Gasteiger partial charge in [0.2, 0.25) is 0 Å². The predicted octanol–water partition coefficient (Wildman–Crippen LogP) is 1.71. The van der Waals surface area contributed by atoms with Crippen molar-refractivity contribution in [3.05, 3.63) is 34.3 Å². The number of hydrogen-bond acceptors (Lipinski definition) is 5. The lowest BCUT2D eigenvalue weighted by Gasteiger charge is -2.05. The Bertz CT molecular complexity index is 562. The van der Waals surface area contributed by atoms with Gasteiger partial charge in [0, 0.05) is 11.6 Å². The lowest BCUT2D eigenvalue weighted by Crippen LogP contribution is -2.30. The maximum Gasteiger partial charge on any atom is 0.275 e. The van der Waals surface area contributed by atoms with E-state index < -0.39 is 0 Å². The highest BCUT2D eigenvalue weighted by Gasteiger charge is 2.12. The Hall–Kier alpha value is -1.86. The van der Waals surface area contributed by atoms with Crippen LogP contribution >= 0.6 is 11.3 Å². The molecule has 6 nitrogen and oxygen atoms in total. The summed E-state index contributed by atoms with van der Waals surface area (Å²) in [4.78, 5) is 12.1. The molecule has 2 heterocycles. The predicted molar refractivity (Wildman–Crippen MR) is 72.9 cm³/mol. The van der Waals surface area contributed by atoms with Gasteiger partial charge in [-0.3, -0.25) is 14.9 Å². The summed E-state index contributed by atoms with van der Waals surface area (Å²) < 4.78 is 7.43. The van der Waals surface area contributed by atoms with Crippen molar-refractivity contribution in [2.24, 2.45) is 5.84 Å². The molecule has 2 rings (SSSR count). The summed E-state index contributed by atoms with van der Waals surface area (Å²) in [6, 6.07) is 2.14. The Morgan fingerprint density at radius 3 is 3.05 bits per heavy atom. The van der Waals surface area contributed by atoms with Gasteiger partial charge in [-0.1, -0.05) is 0 Å². The fourth-order valence-corrected chi connectivity index (χ4v) is 2.37. The molecule has 0 bridgehead atoms. The molecule has 0 unspecified atom stereocenters. The number of aromatic nitrogens is 2. The van der Waals surface area contributed by atoms with Crippen molar-refractivity contribution < 1.29 is 9.53 Å². The molecule has 0 spiro atoms. The number of rotatable bonds is 5. The Morgan fingerprint density at radius 1 is 1.63 bits per heavy atom. The van der Waals surface area contributed by atoms with Crippen LogP contribution in [0.1, 0.15) is 35.1 Å². The highest BCUT2D eigenvalue weighted by Crippen LogP contribution is 2.20. The number of nitrogen functional groups attached to an aromatic ring is 1. The SMILES string of the molecule is CC(C)n1cc(OCc2ccsc2C(=O)NN)cn1. The maximum atomic E-state index is 11.5. The van der Waals surface area contributed by atoms with E-state index in [0.717, 1.165) is 5.56 Å². The molecule has 3 N–H and O–H groups in total. The third-order valence-electron chi connectivity index (χ3n) is 2.59. The number of ether oxygens (including phenoxy) is 1. The van der Waals surface area contributed by atoms with Crippen LogP contribution in [0.25, 0.3) is 0 Å². The average Bonchev–Trinajstić information content (AvgIpc) is 3.04. The van der Waals surface area contributed by atoms with Crippen molar-refractivity contribution in [3.63, 3.8) is 0 Å². The number of hydrogen-bond donors (Lipinski definition) is 2. The first-order valence-electron chi connectivity index (χ1n) is 5.86. The van der Waals surface area contributed by atoms with E-state index in [-0.39, 0.29) is 11.9 Å². The first-order valence-corrected chi connectivity index (χ1v) is 6.74. The van der Waals surface area contributed by atoms with Gasteiger partial charge in [-0.05, 0) is 25.3 Å². The molecule has 1 amide bonds. The number of thiophene rings is 1. The molecule has 0 aliphatic rings. The molecular weight excluding hydrogens is 264 g/mol. The zero-order valence-corrected chi connectivity index (χ0v) is 11.6. The number of nitrogens with zero attached hydrogens (tertiary/aromatic N) is 2. The first kappa shape index (κ1) is 13.6. The summed E-state index contributed by atoms with van der Waals surface area (Å²) in [7, 11) is 0. The van der Waals surface area contributed by atoms with Gasteiger partial charge in [-0.2, -0.15) is 5.10 Å². The standard InChI is InChI=1S/C12H16N4O2S/c1-8(2)16-6-10(5-14-16)18-7-9-3-4-19-11(9)12(17)15-13/h3-6,8H,7,13H2,1-2H3,(H,15,17). The lowest BCUT2D eigenvalue weighted by molar-refractivity contribution is 0.0955. The molecular formula is C12H16N4O2S. The van der Waals surface area contributed by atoms with Gasteiger partial charge in [-0.25, -0.2) is 5.84 Å². The van der Waals surface area contributed by atoms with Crippen molar-refractivity contribution in [1.82, 2.24) is 15.2 Å². The summed E-state index contributed by atoms with van der Waals surface area (Å²) in [5.74, 6) is 5.51.